The van der Waals surface area contributed by atoms with Gasteiger partial charge in [0.2, 0.25) is 5.91 Å². The zero-order valence-electron chi connectivity index (χ0n) is 11.2. The number of hydrogen-bond acceptors (Lipinski definition) is 6. The highest BCUT2D eigenvalue weighted by Gasteiger charge is 2.24. The molecule has 3 rings (SSSR count). The second-order valence-electron chi connectivity index (χ2n) is 4.86. The maximum absolute atomic E-state index is 11.5. The largest absolute Gasteiger partial charge is 0.389 e. The lowest BCUT2D eigenvalue weighted by Crippen LogP contribution is -2.36. The van der Waals surface area contributed by atoms with Crippen molar-refractivity contribution in [3.8, 4) is 0 Å². The summed E-state index contributed by atoms with van der Waals surface area (Å²) in [4.78, 5) is 30.5. The lowest BCUT2D eigenvalue weighted by atomic mass is 10.3. The Bertz CT molecular complexity index is 627. The molecule has 0 spiro atoms. The molecular weight excluding hydrogens is 260 g/mol. The number of aromatic nitrogens is 4. The van der Waals surface area contributed by atoms with Gasteiger partial charge in [0.15, 0.2) is 11.5 Å². The number of carbonyl (C=O) groups excluding carboxylic acids is 1. The van der Waals surface area contributed by atoms with Crippen LogP contribution in [0.15, 0.2) is 12.7 Å². The smallest absolute Gasteiger partial charge is 0.219 e. The number of nitrogens with one attached hydrogen (secondary N) is 1. The quantitative estimate of drug-likeness (QED) is 0.720. The Labute approximate surface area is 115 Å². The highest BCUT2D eigenvalue weighted by atomic mass is 16.3. The number of anilines is 1. The van der Waals surface area contributed by atoms with Gasteiger partial charge in [-0.1, -0.05) is 0 Å². The highest BCUT2D eigenvalue weighted by Crippen LogP contribution is 2.21. The molecule has 1 atom stereocenters. The monoisotopic (exact) mass is 276 g/mol. The second kappa shape index (κ2) is 5.04. The van der Waals surface area contributed by atoms with E-state index in [1.54, 1.807) is 11.2 Å². The van der Waals surface area contributed by atoms with Gasteiger partial charge in [-0.3, -0.25) is 4.79 Å². The molecule has 1 fully saturated rings. The fraction of sp³-hybridized carbons (Fsp3) is 0.500. The first kappa shape index (κ1) is 12.8. The van der Waals surface area contributed by atoms with E-state index >= 15 is 0 Å². The highest BCUT2D eigenvalue weighted by molar-refractivity contribution is 5.82. The van der Waals surface area contributed by atoms with E-state index in [4.69, 9.17) is 0 Å². The molecule has 20 heavy (non-hydrogen) atoms. The Morgan fingerprint density at radius 3 is 3.00 bits per heavy atom. The van der Waals surface area contributed by atoms with Gasteiger partial charge in [-0.25, -0.2) is 15.0 Å². The first-order valence-corrected chi connectivity index (χ1v) is 6.48. The minimum Gasteiger partial charge on any atom is -0.389 e. The van der Waals surface area contributed by atoms with Crippen molar-refractivity contribution in [1.29, 1.82) is 0 Å². The molecule has 2 N–H and O–H groups in total. The van der Waals surface area contributed by atoms with E-state index in [0.717, 1.165) is 5.52 Å². The number of aliphatic hydroxyl groups excluding tert-OH is 1. The molecule has 0 aromatic carbocycles. The molecule has 1 aliphatic rings. The van der Waals surface area contributed by atoms with Gasteiger partial charge in [0.05, 0.1) is 12.4 Å². The maximum Gasteiger partial charge on any atom is 0.219 e. The lowest BCUT2D eigenvalue weighted by Gasteiger charge is -2.22. The predicted molar refractivity (Wildman–Crippen MR) is 72.2 cm³/mol. The van der Waals surface area contributed by atoms with E-state index in [2.05, 4.69) is 19.9 Å². The average molecular weight is 276 g/mol. The van der Waals surface area contributed by atoms with E-state index in [1.165, 1.54) is 13.3 Å². The van der Waals surface area contributed by atoms with Crippen molar-refractivity contribution in [1.82, 2.24) is 24.8 Å². The molecule has 1 aliphatic heterocycles. The molecule has 8 heteroatoms. The molecule has 106 valence electrons. The van der Waals surface area contributed by atoms with Crippen LogP contribution in [0.4, 0.5) is 5.82 Å². The summed E-state index contributed by atoms with van der Waals surface area (Å²) in [5.41, 5.74) is 1.34. The molecule has 3 heterocycles. The van der Waals surface area contributed by atoms with Crippen LogP contribution in [-0.2, 0) is 4.79 Å². The number of amides is 1. The summed E-state index contributed by atoms with van der Waals surface area (Å²) in [6.45, 7) is 3.46. The third-order valence-electron chi connectivity index (χ3n) is 3.45. The molecule has 0 saturated carbocycles. The summed E-state index contributed by atoms with van der Waals surface area (Å²) in [5, 5.41) is 10.1. The second-order valence-corrected chi connectivity index (χ2v) is 4.86. The van der Waals surface area contributed by atoms with Gasteiger partial charge in [0.1, 0.15) is 11.8 Å². The third kappa shape index (κ3) is 2.29. The number of hydrogen-bond donors (Lipinski definition) is 2. The summed E-state index contributed by atoms with van der Waals surface area (Å²) in [7, 11) is 0. The van der Waals surface area contributed by atoms with Crippen LogP contribution in [-0.4, -0.2) is 68.1 Å². The van der Waals surface area contributed by atoms with Crippen molar-refractivity contribution in [3.05, 3.63) is 12.7 Å². The van der Waals surface area contributed by atoms with E-state index in [0.29, 0.717) is 37.6 Å². The van der Waals surface area contributed by atoms with Crippen LogP contribution >= 0.6 is 0 Å². The number of aliphatic hydroxyl groups is 1. The maximum atomic E-state index is 11.5. The Morgan fingerprint density at radius 2 is 2.20 bits per heavy atom. The Morgan fingerprint density at radius 1 is 1.35 bits per heavy atom. The first-order chi connectivity index (χ1) is 9.65. The molecule has 1 unspecified atom stereocenters. The lowest BCUT2D eigenvalue weighted by molar-refractivity contribution is -0.129. The predicted octanol–water partition coefficient (Wildman–Crippen LogP) is -0.618. The molecule has 2 aromatic rings. The molecule has 8 nitrogen and oxygen atoms in total. The van der Waals surface area contributed by atoms with E-state index < -0.39 is 6.10 Å². The fourth-order valence-corrected chi connectivity index (χ4v) is 2.46. The SMILES string of the molecule is CC(=O)N1CCN(c2ncnc3nc[nH]c23)CC(O)C1. The Balaban J connectivity index is 1.90. The minimum atomic E-state index is -0.602. The van der Waals surface area contributed by atoms with E-state index in [9.17, 15) is 9.90 Å². The van der Waals surface area contributed by atoms with Gasteiger partial charge in [0.25, 0.3) is 0 Å². The number of H-pyrrole nitrogens is 1. The topological polar surface area (TPSA) is 98.2 Å². The molecule has 0 radical (unpaired) electrons. The average Bonchev–Trinajstić information content (AvgIpc) is 2.81. The van der Waals surface area contributed by atoms with Crippen molar-refractivity contribution in [3.63, 3.8) is 0 Å². The molecular formula is C12H16N6O2. The van der Waals surface area contributed by atoms with Gasteiger partial charge < -0.3 is 19.9 Å². The van der Waals surface area contributed by atoms with Crippen LogP contribution in [0.1, 0.15) is 6.92 Å². The van der Waals surface area contributed by atoms with Gasteiger partial charge in [-0.2, -0.15) is 0 Å². The molecule has 0 aliphatic carbocycles. The van der Waals surface area contributed by atoms with Gasteiger partial charge >= 0.3 is 0 Å². The normalized spacial score (nSPS) is 20.2. The van der Waals surface area contributed by atoms with Crippen molar-refractivity contribution in [2.75, 3.05) is 31.1 Å². The number of imidazole rings is 1. The molecule has 1 amide bonds. The summed E-state index contributed by atoms with van der Waals surface area (Å²) >= 11 is 0. The molecule has 2 aromatic heterocycles. The number of fused-ring (bicyclic) bond motifs is 1. The van der Waals surface area contributed by atoms with Gasteiger partial charge in [-0.15, -0.1) is 0 Å². The zero-order valence-corrected chi connectivity index (χ0v) is 11.2. The summed E-state index contributed by atoms with van der Waals surface area (Å²) in [5.74, 6) is 0.678. The van der Waals surface area contributed by atoms with Crippen LogP contribution < -0.4 is 4.90 Å². The fourth-order valence-electron chi connectivity index (χ4n) is 2.46. The van der Waals surface area contributed by atoms with Crippen molar-refractivity contribution < 1.29 is 9.90 Å². The van der Waals surface area contributed by atoms with Crippen LogP contribution in [0.2, 0.25) is 0 Å². The minimum absolute atomic E-state index is 0.0275. The van der Waals surface area contributed by atoms with Crippen LogP contribution in [0, 0.1) is 0 Å². The van der Waals surface area contributed by atoms with Crippen LogP contribution in [0.3, 0.4) is 0 Å². The van der Waals surface area contributed by atoms with Crippen molar-refractivity contribution in [2.24, 2.45) is 0 Å². The van der Waals surface area contributed by atoms with Crippen molar-refractivity contribution >= 4 is 22.9 Å². The summed E-state index contributed by atoms with van der Waals surface area (Å²) in [6, 6.07) is 0. The van der Waals surface area contributed by atoms with E-state index in [-0.39, 0.29) is 5.91 Å². The van der Waals surface area contributed by atoms with Crippen LogP contribution in [0.25, 0.3) is 11.2 Å². The summed E-state index contributed by atoms with van der Waals surface area (Å²) < 4.78 is 0. The molecule has 0 bridgehead atoms. The van der Waals surface area contributed by atoms with Gasteiger partial charge in [-0.05, 0) is 0 Å². The Kier molecular flexibility index (Phi) is 3.23. The summed E-state index contributed by atoms with van der Waals surface area (Å²) in [6.07, 6.45) is 2.42. The van der Waals surface area contributed by atoms with Gasteiger partial charge in [0, 0.05) is 33.1 Å². The van der Waals surface area contributed by atoms with E-state index in [1.807, 2.05) is 4.90 Å². The zero-order chi connectivity index (χ0) is 14.1. The number of aromatic amines is 1. The number of β-amino-alcohol motifs (C(OH)–C–C–N with tert-alkyl or cyclic N) is 1. The Hall–Kier alpha value is -2.22. The van der Waals surface area contributed by atoms with Crippen LogP contribution in [0.5, 0.6) is 0 Å². The number of carbonyl (C=O) groups is 1. The number of nitrogens with zero attached hydrogens (tertiary/aromatic N) is 5. The standard InChI is InChI=1S/C12H16N6O2/c1-8(19)17-2-3-18(5-9(20)4-17)12-10-11(14-6-13-10)15-7-16-12/h6-7,9,20H,2-5H2,1H3,(H,13,14,15,16). The first-order valence-electron chi connectivity index (χ1n) is 6.48. The third-order valence-corrected chi connectivity index (χ3v) is 3.45. The molecule has 1 saturated heterocycles. The number of rotatable bonds is 1. The van der Waals surface area contributed by atoms with Crippen molar-refractivity contribution in [2.45, 2.75) is 13.0 Å².